The van der Waals surface area contributed by atoms with Gasteiger partial charge >= 0.3 is 0 Å². The number of H-pyrrole nitrogens is 1. The van der Waals surface area contributed by atoms with Crippen LogP contribution in [0.4, 0.5) is 5.69 Å². The van der Waals surface area contributed by atoms with Gasteiger partial charge in [0.15, 0.2) is 0 Å². The van der Waals surface area contributed by atoms with E-state index in [0.29, 0.717) is 11.3 Å². The third kappa shape index (κ3) is 1.98. The van der Waals surface area contributed by atoms with E-state index < -0.39 is 10.8 Å². The number of rotatable bonds is 3. The number of para-hydroxylation sites is 1. The van der Waals surface area contributed by atoms with Gasteiger partial charge in [0.25, 0.3) is 11.6 Å². The molecule has 1 aromatic heterocycles. The zero-order chi connectivity index (χ0) is 12.4. The molecule has 1 aromatic carbocycles. The number of nitrogens with one attached hydrogen (secondary N) is 1. The van der Waals surface area contributed by atoms with Crippen LogP contribution < -0.4 is 5.73 Å². The van der Waals surface area contributed by atoms with Gasteiger partial charge in [-0.1, -0.05) is 12.1 Å². The average molecular weight is 232 g/mol. The van der Waals surface area contributed by atoms with Crippen molar-refractivity contribution in [2.75, 3.05) is 0 Å². The number of nitro groups is 1. The second-order valence-electron chi connectivity index (χ2n) is 3.31. The van der Waals surface area contributed by atoms with Crippen molar-refractivity contribution in [1.82, 2.24) is 10.2 Å². The van der Waals surface area contributed by atoms with Crippen LogP contribution in [-0.2, 0) is 0 Å². The van der Waals surface area contributed by atoms with Crippen LogP contribution in [0, 0.1) is 10.1 Å². The highest BCUT2D eigenvalue weighted by atomic mass is 16.6. The number of hydrogen-bond donors (Lipinski definition) is 2. The molecule has 2 aromatic rings. The predicted octanol–water partition coefficient (Wildman–Crippen LogP) is 1.08. The smallest absolute Gasteiger partial charge is 0.278 e. The summed E-state index contributed by atoms with van der Waals surface area (Å²) in [6.07, 6.45) is 0. The molecule has 3 N–H and O–H groups in total. The Morgan fingerprint density at radius 3 is 2.71 bits per heavy atom. The van der Waals surface area contributed by atoms with Gasteiger partial charge in [-0.3, -0.25) is 20.0 Å². The second kappa shape index (κ2) is 4.05. The molecule has 0 unspecified atom stereocenters. The van der Waals surface area contributed by atoms with Gasteiger partial charge in [0.1, 0.15) is 5.69 Å². The second-order valence-corrected chi connectivity index (χ2v) is 3.31. The van der Waals surface area contributed by atoms with E-state index in [-0.39, 0.29) is 11.4 Å². The van der Waals surface area contributed by atoms with E-state index in [1.54, 1.807) is 18.2 Å². The van der Waals surface area contributed by atoms with Crippen LogP contribution in [0.3, 0.4) is 0 Å². The maximum Gasteiger partial charge on any atom is 0.278 e. The number of nitrogens with two attached hydrogens (primary N) is 1. The van der Waals surface area contributed by atoms with Gasteiger partial charge in [-0.05, 0) is 12.1 Å². The highest BCUT2D eigenvalue weighted by Crippen LogP contribution is 2.28. The lowest BCUT2D eigenvalue weighted by Crippen LogP contribution is -2.10. The molecular formula is C10H8N4O3. The van der Waals surface area contributed by atoms with Crippen molar-refractivity contribution < 1.29 is 9.72 Å². The monoisotopic (exact) mass is 232 g/mol. The highest BCUT2D eigenvalue weighted by Gasteiger charge is 2.17. The molecule has 0 bridgehead atoms. The van der Waals surface area contributed by atoms with E-state index in [1.807, 2.05) is 0 Å². The molecule has 7 heteroatoms. The molecule has 0 fully saturated rings. The Labute approximate surface area is 95.4 Å². The van der Waals surface area contributed by atoms with Crippen LogP contribution in [0.1, 0.15) is 10.5 Å². The number of aromatic amines is 1. The van der Waals surface area contributed by atoms with Gasteiger partial charge in [0.05, 0.1) is 16.2 Å². The van der Waals surface area contributed by atoms with Crippen molar-refractivity contribution in [2.45, 2.75) is 0 Å². The van der Waals surface area contributed by atoms with Crippen molar-refractivity contribution in [3.8, 4) is 11.3 Å². The summed E-state index contributed by atoms with van der Waals surface area (Å²) >= 11 is 0. The van der Waals surface area contributed by atoms with E-state index in [2.05, 4.69) is 10.2 Å². The van der Waals surface area contributed by atoms with Gasteiger partial charge in [0.2, 0.25) is 0 Å². The van der Waals surface area contributed by atoms with E-state index in [0.717, 1.165) is 0 Å². The molecule has 0 aliphatic carbocycles. The number of carbonyl (C=O) groups excluding carboxylic acids is 1. The van der Waals surface area contributed by atoms with Crippen LogP contribution in [-0.4, -0.2) is 21.0 Å². The SMILES string of the molecule is NC(=O)c1cc(-c2ccccc2[N+](=O)[O-])n[nH]1. The van der Waals surface area contributed by atoms with E-state index >= 15 is 0 Å². The van der Waals surface area contributed by atoms with E-state index in [4.69, 9.17) is 5.73 Å². The Balaban J connectivity index is 2.52. The van der Waals surface area contributed by atoms with Crippen LogP contribution >= 0.6 is 0 Å². The van der Waals surface area contributed by atoms with Gasteiger partial charge in [-0.25, -0.2) is 0 Å². The molecule has 17 heavy (non-hydrogen) atoms. The standard InChI is InChI=1S/C10H8N4O3/c11-10(15)8-5-7(12-13-8)6-3-1-2-4-9(6)14(16)17/h1-5H,(H2,11,15)(H,12,13). The topological polar surface area (TPSA) is 115 Å². The molecule has 0 aliphatic rings. The summed E-state index contributed by atoms with van der Waals surface area (Å²) in [7, 11) is 0. The fraction of sp³-hybridized carbons (Fsp3) is 0. The Morgan fingerprint density at radius 2 is 2.12 bits per heavy atom. The summed E-state index contributed by atoms with van der Waals surface area (Å²) in [5.41, 5.74) is 5.74. The first-order valence-corrected chi connectivity index (χ1v) is 4.68. The van der Waals surface area contributed by atoms with Gasteiger partial charge in [0, 0.05) is 6.07 Å². The summed E-state index contributed by atoms with van der Waals surface area (Å²) in [6, 6.07) is 7.52. The summed E-state index contributed by atoms with van der Waals surface area (Å²) < 4.78 is 0. The van der Waals surface area contributed by atoms with Crippen LogP contribution in [0.25, 0.3) is 11.3 Å². The minimum Gasteiger partial charge on any atom is -0.364 e. The third-order valence-corrected chi connectivity index (χ3v) is 2.22. The largest absolute Gasteiger partial charge is 0.364 e. The Hall–Kier alpha value is -2.70. The Bertz CT molecular complexity index is 591. The number of nitro benzene ring substituents is 1. The molecule has 0 saturated carbocycles. The van der Waals surface area contributed by atoms with Crippen LogP contribution in [0.15, 0.2) is 30.3 Å². The maximum atomic E-state index is 10.9. The lowest BCUT2D eigenvalue weighted by Gasteiger charge is -1.97. The van der Waals surface area contributed by atoms with Crippen molar-refractivity contribution in [3.63, 3.8) is 0 Å². The van der Waals surface area contributed by atoms with Crippen LogP contribution in [0.2, 0.25) is 0 Å². The van der Waals surface area contributed by atoms with Crippen molar-refractivity contribution in [2.24, 2.45) is 5.73 Å². The van der Waals surface area contributed by atoms with Gasteiger partial charge in [-0.15, -0.1) is 0 Å². The zero-order valence-corrected chi connectivity index (χ0v) is 8.58. The van der Waals surface area contributed by atoms with Crippen molar-refractivity contribution in [1.29, 1.82) is 0 Å². The predicted molar refractivity (Wildman–Crippen MR) is 59.2 cm³/mol. The summed E-state index contributed by atoms with van der Waals surface area (Å²) in [5, 5.41) is 17.1. The quantitative estimate of drug-likeness (QED) is 0.608. The number of carbonyl (C=O) groups is 1. The molecular weight excluding hydrogens is 224 g/mol. The molecule has 86 valence electrons. The number of nitrogens with zero attached hydrogens (tertiary/aromatic N) is 2. The zero-order valence-electron chi connectivity index (χ0n) is 8.58. The molecule has 0 atom stereocenters. The fourth-order valence-corrected chi connectivity index (χ4v) is 1.44. The Morgan fingerprint density at radius 1 is 1.41 bits per heavy atom. The number of hydrogen-bond acceptors (Lipinski definition) is 4. The molecule has 2 rings (SSSR count). The van der Waals surface area contributed by atoms with Gasteiger partial charge < -0.3 is 5.73 Å². The average Bonchev–Trinajstić information content (AvgIpc) is 2.78. The summed E-state index contributed by atoms with van der Waals surface area (Å²) in [4.78, 5) is 21.2. The Kier molecular flexibility index (Phi) is 2.57. The molecule has 0 spiro atoms. The van der Waals surface area contributed by atoms with Crippen molar-refractivity contribution >= 4 is 11.6 Å². The lowest BCUT2D eigenvalue weighted by atomic mass is 10.1. The third-order valence-electron chi connectivity index (χ3n) is 2.22. The first-order valence-electron chi connectivity index (χ1n) is 4.68. The number of primary amides is 1. The minimum absolute atomic E-state index is 0.0741. The molecule has 0 radical (unpaired) electrons. The molecule has 7 nitrogen and oxygen atoms in total. The van der Waals surface area contributed by atoms with Crippen LogP contribution in [0.5, 0.6) is 0 Å². The maximum absolute atomic E-state index is 10.9. The summed E-state index contributed by atoms with van der Waals surface area (Å²) in [6.45, 7) is 0. The first kappa shape index (κ1) is 10.8. The molecule has 0 aliphatic heterocycles. The fourth-order valence-electron chi connectivity index (χ4n) is 1.44. The molecule has 1 amide bonds. The number of amides is 1. The lowest BCUT2D eigenvalue weighted by molar-refractivity contribution is -0.384. The first-order chi connectivity index (χ1) is 8.09. The normalized spacial score (nSPS) is 10.1. The van der Waals surface area contributed by atoms with Gasteiger partial charge in [-0.2, -0.15) is 5.10 Å². The molecule has 1 heterocycles. The minimum atomic E-state index is -0.665. The highest BCUT2D eigenvalue weighted by molar-refractivity contribution is 5.92. The summed E-state index contributed by atoms with van der Waals surface area (Å²) in [5.74, 6) is -0.665. The van der Waals surface area contributed by atoms with E-state index in [1.165, 1.54) is 12.1 Å². The number of aromatic nitrogens is 2. The molecule has 0 saturated heterocycles. The van der Waals surface area contributed by atoms with Crippen molar-refractivity contribution in [3.05, 3.63) is 46.1 Å². The van der Waals surface area contributed by atoms with E-state index in [9.17, 15) is 14.9 Å². The number of benzene rings is 1.